The van der Waals surface area contributed by atoms with Crippen LogP contribution in [-0.2, 0) is 14.3 Å². The highest BCUT2D eigenvalue weighted by Gasteiger charge is 2.39. The third kappa shape index (κ3) is 1.95. The Balaban J connectivity index is 2.36. The van der Waals surface area contributed by atoms with Gasteiger partial charge in [0.1, 0.15) is 11.9 Å². The van der Waals surface area contributed by atoms with Gasteiger partial charge < -0.3 is 4.74 Å². The fraction of sp³-hybridized carbons (Fsp3) is 0.333. The topological polar surface area (TPSA) is 43.4 Å². The highest BCUT2D eigenvalue weighted by molar-refractivity contribution is 6.31. The van der Waals surface area contributed by atoms with E-state index >= 15 is 0 Å². The maximum atomic E-state index is 11.4. The number of hydrogen-bond acceptors (Lipinski definition) is 3. The van der Waals surface area contributed by atoms with Crippen molar-refractivity contribution in [2.24, 2.45) is 5.92 Å². The van der Waals surface area contributed by atoms with Gasteiger partial charge in [-0.3, -0.25) is 9.59 Å². The SMILES string of the molecule is CC(=O)[C@@H]1CC(=O)O[C@H]1c1ccccc1Cl. The highest BCUT2D eigenvalue weighted by Crippen LogP contribution is 2.38. The van der Waals surface area contributed by atoms with Gasteiger partial charge in [-0.05, 0) is 13.0 Å². The van der Waals surface area contributed by atoms with E-state index in [0.717, 1.165) is 0 Å². The third-order valence-corrected chi connectivity index (χ3v) is 3.09. The summed E-state index contributed by atoms with van der Waals surface area (Å²) in [5.74, 6) is -0.798. The molecular weight excluding hydrogens is 228 g/mol. The second kappa shape index (κ2) is 4.26. The van der Waals surface area contributed by atoms with Gasteiger partial charge in [-0.15, -0.1) is 0 Å². The molecule has 0 bridgehead atoms. The van der Waals surface area contributed by atoms with Crippen molar-refractivity contribution < 1.29 is 14.3 Å². The molecule has 84 valence electrons. The number of cyclic esters (lactones) is 1. The van der Waals surface area contributed by atoms with Gasteiger partial charge in [-0.2, -0.15) is 0 Å². The van der Waals surface area contributed by atoms with E-state index in [9.17, 15) is 9.59 Å². The summed E-state index contributed by atoms with van der Waals surface area (Å²) in [6.07, 6.45) is -0.385. The summed E-state index contributed by atoms with van der Waals surface area (Å²) in [7, 11) is 0. The average molecular weight is 239 g/mol. The summed E-state index contributed by atoms with van der Waals surface area (Å²) in [6.45, 7) is 1.47. The second-order valence-corrected chi connectivity index (χ2v) is 4.26. The van der Waals surface area contributed by atoms with Crippen LogP contribution in [0.4, 0.5) is 0 Å². The lowest BCUT2D eigenvalue weighted by molar-refractivity contribution is -0.141. The predicted molar refractivity (Wildman–Crippen MR) is 59.1 cm³/mol. The Labute approximate surface area is 98.4 Å². The molecule has 1 aliphatic heterocycles. The van der Waals surface area contributed by atoms with E-state index in [4.69, 9.17) is 16.3 Å². The normalized spacial score (nSPS) is 24.2. The van der Waals surface area contributed by atoms with Crippen molar-refractivity contribution in [3.8, 4) is 0 Å². The van der Waals surface area contributed by atoms with Crippen LogP contribution in [0.1, 0.15) is 25.0 Å². The molecule has 0 aliphatic carbocycles. The Bertz CT molecular complexity index is 442. The van der Waals surface area contributed by atoms with Crippen LogP contribution in [0, 0.1) is 5.92 Å². The van der Waals surface area contributed by atoms with Gasteiger partial charge in [0.15, 0.2) is 0 Å². The molecule has 1 aromatic rings. The first-order valence-corrected chi connectivity index (χ1v) is 5.41. The van der Waals surface area contributed by atoms with Crippen LogP contribution in [0.25, 0.3) is 0 Å². The fourth-order valence-corrected chi connectivity index (χ4v) is 2.14. The summed E-state index contributed by atoms with van der Waals surface area (Å²) < 4.78 is 5.16. The lowest BCUT2D eigenvalue weighted by Crippen LogP contribution is -2.15. The van der Waals surface area contributed by atoms with Crippen molar-refractivity contribution in [1.82, 2.24) is 0 Å². The number of esters is 1. The highest BCUT2D eigenvalue weighted by atomic mass is 35.5. The molecule has 2 rings (SSSR count). The molecule has 2 atom stereocenters. The number of halogens is 1. The van der Waals surface area contributed by atoms with E-state index in [1.165, 1.54) is 6.92 Å². The number of carbonyl (C=O) groups is 2. The largest absolute Gasteiger partial charge is 0.457 e. The van der Waals surface area contributed by atoms with Crippen LogP contribution in [0.15, 0.2) is 24.3 Å². The Morgan fingerprint density at radius 2 is 2.12 bits per heavy atom. The minimum Gasteiger partial charge on any atom is -0.457 e. The molecule has 1 heterocycles. The number of carbonyl (C=O) groups excluding carboxylic acids is 2. The van der Waals surface area contributed by atoms with E-state index in [1.54, 1.807) is 18.2 Å². The summed E-state index contributed by atoms with van der Waals surface area (Å²) in [5, 5.41) is 0.522. The quantitative estimate of drug-likeness (QED) is 0.744. The summed E-state index contributed by atoms with van der Waals surface area (Å²) in [5.41, 5.74) is 0.704. The van der Waals surface area contributed by atoms with Gasteiger partial charge in [0.25, 0.3) is 0 Å². The first-order chi connectivity index (χ1) is 7.59. The van der Waals surface area contributed by atoms with Crippen molar-refractivity contribution in [2.45, 2.75) is 19.4 Å². The Kier molecular flexibility index (Phi) is 2.97. The minimum atomic E-state index is -0.529. The molecule has 1 fully saturated rings. The average Bonchev–Trinajstić information content (AvgIpc) is 2.61. The Hall–Kier alpha value is -1.35. The van der Waals surface area contributed by atoms with Crippen molar-refractivity contribution in [1.29, 1.82) is 0 Å². The van der Waals surface area contributed by atoms with Gasteiger partial charge in [0, 0.05) is 10.6 Å². The molecule has 0 unspecified atom stereocenters. The van der Waals surface area contributed by atoms with Gasteiger partial charge in [0.2, 0.25) is 0 Å². The van der Waals surface area contributed by atoms with Gasteiger partial charge in [-0.1, -0.05) is 29.8 Å². The molecule has 0 radical (unpaired) electrons. The molecule has 0 N–H and O–H groups in total. The van der Waals surface area contributed by atoms with E-state index in [1.807, 2.05) is 6.07 Å². The van der Waals surface area contributed by atoms with Crippen LogP contribution in [0.5, 0.6) is 0 Å². The first kappa shape index (κ1) is 11.1. The zero-order chi connectivity index (χ0) is 11.7. The molecule has 0 aromatic heterocycles. The van der Waals surface area contributed by atoms with E-state index in [2.05, 4.69) is 0 Å². The lowest BCUT2D eigenvalue weighted by Gasteiger charge is -2.16. The monoisotopic (exact) mass is 238 g/mol. The van der Waals surface area contributed by atoms with E-state index < -0.39 is 12.0 Å². The molecule has 0 amide bonds. The van der Waals surface area contributed by atoms with Crippen LogP contribution in [-0.4, -0.2) is 11.8 Å². The van der Waals surface area contributed by atoms with Crippen LogP contribution in [0.3, 0.4) is 0 Å². The van der Waals surface area contributed by atoms with Gasteiger partial charge >= 0.3 is 5.97 Å². The number of hydrogen-bond donors (Lipinski definition) is 0. The fourth-order valence-electron chi connectivity index (χ4n) is 1.90. The maximum absolute atomic E-state index is 11.4. The van der Waals surface area contributed by atoms with E-state index in [0.29, 0.717) is 10.6 Å². The predicted octanol–water partition coefficient (Wildman–Crippen LogP) is 2.53. The molecule has 1 saturated heterocycles. The molecule has 1 aliphatic rings. The number of Topliss-reactive ketones (excluding diaryl/α,β-unsaturated/α-hetero) is 1. The summed E-state index contributed by atoms with van der Waals surface area (Å²) >= 11 is 6.02. The Morgan fingerprint density at radius 1 is 1.44 bits per heavy atom. The second-order valence-electron chi connectivity index (χ2n) is 3.85. The zero-order valence-corrected chi connectivity index (χ0v) is 9.53. The molecule has 0 spiro atoms. The minimum absolute atomic E-state index is 0.0456. The van der Waals surface area contributed by atoms with Crippen molar-refractivity contribution in [3.05, 3.63) is 34.9 Å². The van der Waals surface area contributed by atoms with Gasteiger partial charge in [-0.25, -0.2) is 0 Å². The maximum Gasteiger partial charge on any atom is 0.307 e. The molecule has 0 saturated carbocycles. The van der Waals surface area contributed by atoms with Crippen molar-refractivity contribution >= 4 is 23.4 Å². The van der Waals surface area contributed by atoms with Crippen LogP contribution >= 0.6 is 11.6 Å². The zero-order valence-electron chi connectivity index (χ0n) is 8.77. The smallest absolute Gasteiger partial charge is 0.307 e. The lowest BCUT2D eigenvalue weighted by atomic mass is 9.92. The molecule has 16 heavy (non-hydrogen) atoms. The molecular formula is C12H11ClO3. The molecule has 1 aromatic carbocycles. The number of benzene rings is 1. The summed E-state index contributed by atoms with van der Waals surface area (Å²) in [6, 6.07) is 7.11. The number of ether oxygens (including phenoxy) is 1. The van der Waals surface area contributed by atoms with Crippen LogP contribution < -0.4 is 0 Å². The first-order valence-electron chi connectivity index (χ1n) is 5.04. The van der Waals surface area contributed by atoms with Crippen molar-refractivity contribution in [3.63, 3.8) is 0 Å². The number of ketones is 1. The van der Waals surface area contributed by atoms with Crippen LogP contribution in [0.2, 0.25) is 5.02 Å². The van der Waals surface area contributed by atoms with E-state index in [-0.39, 0.29) is 18.2 Å². The standard InChI is InChI=1S/C12H11ClO3/c1-7(14)9-6-11(15)16-12(9)8-4-2-3-5-10(8)13/h2-5,9,12H,6H2,1H3/t9-,12-/m0/s1. The number of rotatable bonds is 2. The van der Waals surface area contributed by atoms with Gasteiger partial charge in [0.05, 0.1) is 12.3 Å². The third-order valence-electron chi connectivity index (χ3n) is 2.74. The Morgan fingerprint density at radius 3 is 2.75 bits per heavy atom. The molecule has 4 heteroatoms. The summed E-state index contributed by atoms with van der Waals surface area (Å²) in [4.78, 5) is 22.6. The molecule has 3 nitrogen and oxygen atoms in total. The van der Waals surface area contributed by atoms with Crippen molar-refractivity contribution in [2.75, 3.05) is 0 Å².